The number of halogens is 2. The molecular formula is C13H18ClFNO+. The van der Waals surface area contributed by atoms with E-state index < -0.39 is 0 Å². The van der Waals surface area contributed by atoms with E-state index in [9.17, 15) is 4.39 Å². The van der Waals surface area contributed by atoms with Gasteiger partial charge >= 0.3 is 0 Å². The third-order valence-electron chi connectivity index (χ3n) is 3.11. The van der Waals surface area contributed by atoms with Crippen LogP contribution in [0.2, 0.25) is 5.02 Å². The molecule has 1 aromatic rings. The lowest BCUT2D eigenvalue weighted by molar-refractivity contribution is -0.928. The van der Waals surface area contributed by atoms with Crippen LogP contribution in [0.1, 0.15) is 19.4 Å². The van der Waals surface area contributed by atoms with Crippen molar-refractivity contribution < 1.29 is 14.0 Å². The van der Waals surface area contributed by atoms with Gasteiger partial charge in [0.15, 0.2) is 0 Å². The molecule has 0 radical (unpaired) electrons. The Morgan fingerprint density at radius 2 is 2.00 bits per heavy atom. The highest BCUT2D eigenvalue weighted by Gasteiger charge is 2.26. The van der Waals surface area contributed by atoms with Crippen LogP contribution in [-0.2, 0) is 11.3 Å². The summed E-state index contributed by atoms with van der Waals surface area (Å²) < 4.78 is 19.3. The highest BCUT2D eigenvalue weighted by molar-refractivity contribution is 6.31. The fourth-order valence-electron chi connectivity index (χ4n) is 2.48. The molecular weight excluding hydrogens is 241 g/mol. The highest BCUT2D eigenvalue weighted by atomic mass is 35.5. The van der Waals surface area contributed by atoms with Gasteiger partial charge in [0.1, 0.15) is 37.7 Å². The molecule has 0 aromatic heterocycles. The van der Waals surface area contributed by atoms with Gasteiger partial charge in [0.2, 0.25) is 0 Å². The number of ether oxygens (including phenoxy) is 1. The van der Waals surface area contributed by atoms with Gasteiger partial charge in [-0.1, -0.05) is 17.7 Å². The molecule has 0 bridgehead atoms. The number of rotatable bonds is 2. The van der Waals surface area contributed by atoms with Crippen LogP contribution >= 0.6 is 11.6 Å². The Morgan fingerprint density at radius 1 is 1.35 bits per heavy atom. The van der Waals surface area contributed by atoms with Crippen LogP contribution in [0.15, 0.2) is 18.2 Å². The van der Waals surface area contributed by atoms with Crippen LogP contribution in [0.5, 0.6) is 0 Å². The van der Waals surface area contributed by atoms with Crippen molar-refractivity contribution in [3.63, 3.8) is 0 Å². The zero-order valence-corrected chi connectivity index (χ0v) is 10.9. The average Bonchev–Trinajstić information content (AvgIpc) is 2.22. The first-order valence-electron chi connectivity index (χ1n) is 5.98. The lowest BCUT2D eigenvalue weighted by atomic mass is 10.1. The van der Waals surface area contributed by atoms with Crippen LogP contribution in [0.3, 0.4) is 0 Å². The topological polar surface area (TPSA) is 13.7 Å². The Morgan fingerprint density at radius 3 is 2.59 bits per heavy atom. The largest absolute Gasteiger partial charge is 0.364 e. The van der Waals surface area contributed by atoms with E-state index in [2.05, 4.69) is 13.8 Å². The molecule has 2 nitrogen and oxygen atoms in total. The Hall–Kier alpha value is -0.640. The van der Waals surface area contributed by atoms with E-state index in [1.165, 1.54) is 11.0 Å². The minimum Gasteiger partial charge on any atom is -0.364 e. The molecule has 1 heterocycles. The van der Waals surface area contributed by atoms with Gasteiger partial charge in [0.05, 0.1) is 10.6 Å². The van der Waals surface area contributed by atoms with Crippen LogP contribution < -0.4 is 4.90 Å². The molecule has 1 fully saturated rings. The Balaban J connectivity index is 2.10. The molecule has 0 amide bonds. The zero-order valence-electron chi connectivity index (χ0n) is 10.2. The van der Waals surface area contributed by atoms with E-state index in [0.29, 0.717) is 17.1 Å². The summed E-state index contributed by atoms with van der Waals surface area (Å²) >= 11 is 6.04. The second-order valence-corrected chi connectivity index (χ2v) is 5.20. The maximum absolute atomic E-state index is 13.7. The summed E-state index contributed by atoms with van der Waals surface area (Å²) in [6.45, 7) is 6.53. The summed E-state index contributed by atoms with van der Waals surface area (Å²) in [6, 6.07) is 4.85. The molecule has 0 spiro atoms. The highest BCUT2D eigenvalue weighted by Crippen LogP contribution is 2.18. The molecule has 0 aliphatic carbocycles. The number of quaternary nitrogens is 1. The van der Waals surface area contributed by atoms with Crippen molar-refractivity contribution in [1.82, 2.24) is 0 Å². The van der Waals surface area contributed by atoms with Gasteiger partial charge in [-0.3, -0.25) is 0 Å². The lowest BCUT2D eigenvalue weighted by Crippen LogP contribution is -3.14. The summed E-state index contributed by atoms with van der Waals surface area (Å²) in [6.07, 6.45) is 0.443. The van der Waals surface area contributed by atoms with Crippen molar-refractivity contribution in [3.8, 4) is 0 Å². The van der Waals surface area contributed by atoms with Crippen molar-refractivity contribution in [2.45, 2.75) is 32.6 Å². The maximum atomic E-state index is 13.7. The molecule has 94 valence electrons. The Kier molecular flexibility index (Phi) is 4.02. The standard InChI is InChI=1S/C13H17ClFNO/c1-9-6-16(7-10(2)17-9)8-11-12(14)4-3-5-13(11)15/h3-5,9-10H,6-8H2,1-2H3/p+1/t9-,10-/m0/s1. The van der Waals surface area contributed by atoms with Gasteiger partial charge in [-0.2, -0.15) is 0 Å². The monoisotopic (exact) mass is 258 g/mol. The van der Waals surface area contributed by atoms with Crippen molar-refractivity contribution >= 4 is 11.6 Å². The summed E-state index contributed by atoms with van der Waals surface area (Å²) in [4.78, 5) is 1.32. The third kappa shape index (κ3) is 3.18. The number of benzene rings is 1. The molecule has 0 saturated carbocycles. The Bertz CT molecular complexity index is 369. The normalized spacial score (nSPS) is 29.3. The van der Waals surface area contributed by atoms with Crippen LogP contribution in [-0.4, -0.2) is 25.3 Å². The second kappa shape index (κ2) is 5.34. The van der Waals surface area contributed by atoms with Gasteiger partial charge in [-0.15, -0.1) is 0 Å². The minimum absolute atomic E-state index is 0.211. The fraction of sp³-hybridized carbons (Fsp3) is 0.538. The van der Waals surface area contributed by atoms with Gasteiger partial charge in [-0.05, 0) is 26.0 Å². The molecule has 1 aromatic carbocycles. The van der Waals surface area contributed by atoms with Gasteiger partial charge < -0.3 is 9.64 Å². The first kappa shape index (κ1) is 12.8. The minimum atomic E-state index is -0.211. The van der Waals surface area contributed by atoms with Crippen molar-refractivity contribution in [2.24, 2.45) is 0 Å². The van der Waals surface area contributed by atoms with E-state index >= 15 is 0 Å². The number of hydrogen-bond acceptors (Lipinski definition) is 1. The molecule has 1 aliphatic heterocycles. The summed E-state index contributed by atoms with van der Waals surface area (Å²) in [5, 5.41) is 0.518. The van der Waals surface area contributed by atoms with Crippen LogP contribution in [0.4, 0.5) is 4.39 Å². The van der Waals surface area contributed by atoms with Crippen LogP contribution in [0.25, 0.3) is 0 Å². The summed E-state index contributed by atoms with van der Waals surface area (Å²) in [5.74, 6) is -0.211. The van der Waals surface area contributed by atoms with Crippen molar-refractivity contribution in [3.05, 3.63) is 34.6 Å². The second-order valence-electron chi connectivity index (χ2n) is 4.79. The summed E-state index contributed by atoms with van der Waals surface area (Å²) in [7, 11) is 0. The molecule has 4 heteroatoms. The quantitative estimate of drug-likeness (QED) is 0.852. The third-order valence-corrected chi connectivity index (χ3v) is 3.46. The molecule has 2 atom stereocenters. The first-order valence-corrected chi connectivity index (χ1v) is 6.36. The molecule has 2 rings (SSSR count). The number of nitrogens with one attached hydrogen (secondary N) is 1. The van der Waals surface area contributed by atoms with Crippen LogP contribution in [0, 0.1) is 5.82 Å². The predicted octanol–water partition coefficient (Wildman–Crippen LogP) is 1.67. The van der Waals surface area contributed by atoms with E-state index in [4.69, 9.17) is 16.3 Å². The van der Waals surface area contributed by atoms with E-state index in [1.54, 1.807) is 12.1 Å². The first-order chi connectivity index (χ1) is 8.06. The Labute approximate surface area is 106 Å². The summed E-state index contributed by atoms with van der Waals surface area (Å²) in [5.41, 5.74) is 0.616. The average molecular weight is 259 g/mol. The molecule has 17 heavy (non-hydrogen) atoms. The van der Waals surface area contributed by atoms with Crippen molar-refractivity contribution in [2.75, 3.05) is 13.1 Å². The van der Waals surface area contributed by atoms with Gasteiger partial charge in [0.25, 0.3) is 0 Å². The predicted molar refractivity (Wildman–Crippen MR) is 65.8 cm³/mol. The number of hydrogen-bond donors (Lipinski definition) is 1. The maximum Gasteiger partial charge on any atom is 0.133 e. The number of morpholine rings is 1. The van der Waals surface area contributed by atoms with E-state index in [-0.39, 0.29) is 18.0 Å². The van der Waals surface area contributed by atoms with Gasteiger partial charge in [0, 0.05) is 0 Å². The van der Waals surface area contributed by atoms with Gasteiger partial charge in [-0.25, -0.2) is 4.39 Å². The zero-order chi connectivity index (χ0) is 12.4. The fourth-order valence-corrected chi connectivity index (χ4v) is 2.71. The molecule has 1 aliphatic rings. The SMILES string of the molecule is C[C@H]1C[NH+](Cc2c(F)cccc2Cl)C[C@H](C)O1. The molecule has 1 saturated heterocycles. The molecule has 0 unspecified atom stereocenters. The smallest absolute Gasteiger partial charge is 0.133 e. The van der Waals surface area contributed by atoms with E-state index in [0.717, 1.165) is 13.1 Å². The molecule has 1 N–H and O–H groups in total. The van der Waals surface area contributed by atoms with Crippen molar-refractivity contribution in [1.29, 1.82) is 0 Å². The van der Waals surface area contributed by atoms with E-state index in [1.807, 2.05) is 0 Å². The lowest BCUT2D eigenvalue weighted by Gasteiger charge is -2.32.